The Bertz CT molecular complexity index is 345. The van der Waals surface area contributed by atoms with E-state index < -0.39 is 0 Å². The maximum absolute atomic E-state index is 3.67. The van der Waals surface area contributed by atoms with Crippen LogP contribution in [0.25, 0.3) is 0 Å². The van der Waals surface area contributed by atoms with Gasteiger partial charge in [-0.05, 0) is 69.3 Å². The quantitative estimate of drug-likeness (QED) is 0.783. The molecule has 0 radical (unpaired) electrons. The van der Waals surface area contributed by atoms with Gasteiger partial charge in [-0.1, -0.05) is 19.3 Å². The van der Waals surface area contributed by atoms with E-state index in [0.717, 1.165) is 5.92 Å². The molecule has 1 nitrogen and oxygen atoms in total. The van der Waals surface area contributed by atoms with Crippen molar-refractivity contribution in [3.63, 3.8) is 0 Å². The summed E-state index contributed by atoms with van der Waals surface area (Å²) in [5.41, 5.74) is 1.42. The molecule has 0 aromatic carbocycles. The number of hydrogen-bond acceptors (Lipinski definition) is 2. The van der Waals surface area contributed by atoms with Crippen LogP contribution in [-0.4, -0.2) is 7.05 Å². The van der Waals surface area contributed by atoms with Crippen molar-refractivity contribution in [3.8, 4) is 0 Å². The van der Waals surface area contributed by atoms with E-state index in [0.29, 0.717) is 6.04 Å². The highest BCUT2D eigenvalue weighted by atomic mass is 79.9. The lowest BCUT2D eigenvalue weighted by Gasteiger charge is -2.30. The minimum Gasteiger partial charge on any atom is -0.313 e. The topological polar surface area (TPSA) is 12.0 Å². The lowest BCUT2D eigenvalue weighted by atomic mass is 9.82. The molecule has 1 fully saturated rings. The third kappa shape index (κ3) is 2.89. The summed E-state index contributed by atoms with van der Waals surface area (Å²) in [6.07, 6.45) is 6.94. The lowest BCUT2D eigenvalue weighted by Crippen LogP contribution is -2.26. The molecule has 1 aromatic heterocycles. The van der Waals surface area contributed by atoms with Gasteiger partial charge in [0, 0.05) is 6.04 Å². The van der Waals surface area contributed by atoms with Crippen LogP contribution in [0.15, 0.2) is 13.6 Å². The van der Waals surface area contributed by atoms with Crippen LogP contribution in [0.4, 0.5) is 0 Å². The highest BCUT2D eigenvalue weighted by Crippen LogP contribution is 2.41. The van der Waals surface area contributed by atoms with E-state index in [1.807, 2.05) is 0 Å². The van der Waals surface area contributed by atoms with Gasteiger partial charge in [0.1, 0.15) is 0 Å². The number of thiophene rings is 1. The van der Waals surface area contributed by atoms with E-state index in [-0.39, 0.29) is 0 Å². The minimum absolute atomic E-state index is 0.511. The summed E-state index contributed by atoms with van der Waals surface area (Å²) >= 11 is 9.01. The van der Waals surface area contributed by atoms with Crippen LogP contribution >= 0.6 is 43.2 Å². The second-order valence-electron chi connectivity index (χ2n) is 4.44. The van der Waals surface area contributed by atoms with Gasteiger partial charge in [0.15, 0.2) is 0 Å². The van der Waals surface area contributed by atoms with Crippen molar-refractivity contribution >= 4 is 43.2 Å². The van der Waals surface area contributed by atoms with Crippen LogP contribution in [0, 0.1) is 5.92 Å². The third-order valence-electron chi connectivity index (χ3n) is 3.45. The summed E-state index contributed by atoms with van der Waals surface area (Å²) in [4.78, 5) is 0. The summed E-state index contributed by atoms with van der Waals surface area (Å²) in [5, 5.41) is 3.50. The molecule has 1 unspecified atom stereocenters. The van der Waals surface area contributed by atoms with Gasteiger partial charge in [-0.2, -0.15) is 0 Å². The first-order chi connectivity index (χ1) is 7.72. The molecule has 1 atom stereocenters. The monoisotopic (exact) mass is 365 g/mol. The first kappa shape index (κ1) is 13.1. The van der Waals surface area contributed by atoms with Crippen LogP contribution in [0.1, 0.15) is 43.7 Å². The van der Waals surface area contributed by atoms with E-state index in [1.54, 1.807) is 11.3 Å². The minimum atomic E-state index is 0.511. The smallest absolute Gasteiger partial charge is 0.0758 e. The largest absolute Gasteiger partial charge is 0.313 e. The Balaban J connectivity index is 2.17. The van der Waals surface area contributed by atoms with Crippen molar-refractivity contribution in [3.05, 3.63) is 19.2 Å². The summed E-state index contributed by atoms with van der Waals surface area (Å²) in [6.45, 7) is 0. The second-order valence-corrected chi connectivity index (χ2v) is 8.19. The van der Waals surface area contributed by atoms with Crippen LogP contribution in [0.5, 0.6) is 0 Å². The second kappa shape index (κ2) is 5.98. The van der Waals surface area contributed by atoms with Gasteiger partial charge in [0.2, 0.25) is 0 Å². The summed E-state index contributed by atoms with van der Waals surface area (Å²) in [6, 6.07) is 2.77. The molecule has 0 spiro atoms. The van der Waals surface area contributed by atoms with Gasteiger partial charge in [-0.3, -0.25) is 0 Å². The first-order valence-electron chi connectivity index (χ1n) is 5.84. The molecule has 1 aliphatic rings. The van der Waals surface area contributed by atoms with Crippen molar-refractivity contribution in [1.82, 2.24) is 5.32 Å². The Kier molecular flexibility index (Phi) is 4.89. The molecule has 4 heteroatoms. The lowest BCUT2D eigenvalue weighted by molar-refractivity contribution is 0.281. The summed E-state index contributed by atoms with van der Waals surface area (Å²) in [7, 11) is 2.08. The van der Waals surface area contributed by atoms with Gasteiger partial charge < -0.3 is 5.32 Å². The first-order valence-corrected chi connectivity index (χ1v) is 8.24. The van der Waals surface area contributed by atoms with Crippen molar-refractivity contribution in [2.45, 2.75) is 38.1 Å². The molecule has 1 N–H and O–H groups in total. The van der Waals surface area contributed by atoms with E-state index >= 15 is 0 Å². The number of nitrogens with one attached hydrogen (secondary N) is 1. The van der Waals surface area contributed by atoms with E-state index in [2.05, 4.69) is 50.3 Å². The fourth-order valence-electron chi connectivity index (χ4n) is 2.68. The molecule has 1 heterocycles. The number of halogens is 2. The Labute approximate surface area is 118 Å². The molecule has 0 amide bonds. The van der Waals surface area contributed by atoms with Crippen molar-refractivity contribution in [2.75, 3.05) is 7.05 Å². The fraction of sp³-hybridized carbons (Fsp3) is 0.667. The van der Waals surface area contributed by atoms with Crippen LogP contribution in [0.3, 0.4) is 0 Å². The van der Waals surface area contributed by atoms with Crippen LogP contribution in [-0.2, 0) is 0 Å². The zero-order chi connectivity index (χ0) is 11.5. The van der Waals surface area contributed by atoms with Gasteiger partial charge in [-0.25, -0.2) is 0 Å². The standard InChI is InChI=1S/C12H17Br2NS/c1-15-11(8-5-3-2-4-6-8)9-7-10(13)16-12(9)14/h7-8,11,15H,2-6H2,1H3. The third-order valence-corrected chi connectivity index (χ3v) is 5.84. The van der Waals surface area contributed by atoms with Gasteiger partial charge in [0.05, 0.1) is 7.57 Å². The molecule has 0 bridgehead atoms. The molecule has 0 aliphatic heterocycles. The Morgan fingerprint density at radius 2 is 2.00 bits per heavy atom. The molecular weight excluding hydrogens is 350 g/mol. The zero-order valence-corrected chi connectivity index (χ0v) is 13.4. The normalized spacial score (nSPS) is 19.9. The average molecular weight is 367 g/mol. The maximum Gasteiger partial charge on any atom is 0.0758 e. The fourth-order valence-corrected chi connectivity index (χ4v) is 5.61. The molecule has 2 rings (SSSR count). The molecule has 1 aromatic rings. The maximum atomic E-state index is 3.67. The highest BCUT2D eigenvalue weighted by Gasteiger charge is 2.26. The Morgan fingerprint density at radius 1 is 1.31 bits per heavy atom. The Hall–Kier alpha value is 0.620. The molecule has 1 saturated carbocycles. The van der Waals surface area contributed by atoms with E-state index in [9.17, 15) is 0 Å². The summed E-state index contributed by atoms with van der Waals surface area (Å²) < 4.78 is 2.48. The SMILES string of the molecule is CNC(c1cc(Br)sc1Br)C1CCCCC1. The molecule has 0 saturated heterocycles. The van der Waals surface area contributed by atoms with Gasteiger partial charge >= 0.3 is 0 Å². The van der Waals surface area contributed by atoms with Crippen molar-refractivity contribution in [1.29, 1.82) is 0 Å². The van der Waals surface area contributed by atoms with E-state index in [1.165, 1.54) is 45.2 Å². The molecule has 90 valence electrons. The summed E-state index contributed by atoms with van der Waals surface area (Å²) in [5.74, 6) is 0.802. The predicted molar refractivity (Wildman–Crippen MR) is 78.1 cm³/mol. The van der Waals surface area contributed by atoms with Crippen LogP contribution in [0.2, 0.25) is 0 Å². The highest BCUT2D eigenvalue weighted by molar-refractivity contribution is 9.12. The average Bonchev–Trinajstić information content (AvgIpc) is 2.61. The van der Waals surface area contributed by atoms with Crippen molar-refractivity contribution < 1.29 is 0 Å². The van der Waals surface area contributed by atoms with Crippen molar-refractivity contribution in [2.24, 2.45) is 5.92 Å². The predicted octanol–water partition coefficient (Wildman–Crippen LogP) is 5.11. The molecular formula is C12H17Br2NS. The van der Waals surface area contributed by atoms with Gasteiger partial charge in [0.25, 0.3) is 0 Å². The van der Waals surface area contributed by atoms with Crippen LogP contribution < -0.4 is 5.32 Å². The molecule has 16 heavy (non-hydrogen) atoms. The molecule has 1 aliphatic carbocycles. The van der Waals surface area contributed by atoms with E-state index in [4.69, 9.17) is 0 Å². The Morgan fingerprint density at radius 3 is 2.50 bits per heavy atom. The number of rotatable bonds is 3. The zero-order valence-electron chi connectivity index (χ0n) is 9.43. The van der Waals surface area contributed by atoms with Gasteiger partial charge in [-0.15, -0.1) is 11.3 Å². The number of hydrogen-bond donors (Lipinski definition) is 1.